The SMILES string of the molecule is CC(Cc1c[nH]c2c(C3CC3)ccc([N+](=O)[O-])c12)C(=O)O. The quantitative estimate of drug-likeness (QED) is 0.652. The van der Waals surface area contributed by atoms with E-state index in [9.17, 15) is 14.9 Å². The van der Waals surface area contributed by atoms with Gasteiger partial charge >= 0.3 is 5.97 Å². The van der Waals surface area contributed by atoms with Gasteiger partial charge in [0.1, 0.15) is 0 Å². The predicted molar refractivity (Wildman–Crippen MR) is 77.4 cm³/mol. The van der Waals surface area contributed by atoms with Crippen molar-refractivity contribution in [2.24, 2.45) is 5.92 Å². The van der Waals surface area contributed by atoms with Gasteiger partial charge in [0.05, 0.1) is 21.7 Å². The lowest BCUT2D eigenvalue weighted by Crippen LogP contribution is -2.12. The number of aliphatic carboxylic acids is 1. The van der Waals surface area contributed by atoms with Crippen molar-refractivity contribution in [2.45, 2.75) is 32.1 Å². The summed E-state index contributed by atoms with van der Waals surface area (Å²) in [7, 11) is 0. The van der Waals surface area contributed by atoms with Crippen LogP contribution in [-0.2, 0) is 11.2 Å². The van der Waals surface area contributed by atoms with Crippen LogP contribution in [0.5, 0.6) is 0 Å². The fourth-order valence-electron chi connectivity index (χ4n) is 2.78. The van der Waals surface area contributed by atoms with Crippen LogP contribution in [0.3, 0.4) is 0 Å². The molecule has 6 nitrogen and oxygen atoms in total. The van der Waals surface area contributed by atoms with Gasteiger partial charge in [-0.15, -0.1) is 0 Å². The highest BCUT2D eigenvalue weighted by atomic mass is 16.6. The molecule has 1 aliphatic carbocycles. The first-order valence-electron chi connectivity index (χ1n) is 6.99. The molecule has 1 aliphatic rings. The van der Waals surface area contributed by atoms with Crippen LogP contribution in [0, 0.1) is 16.0 Å². The van der Waals surface area contributed by atoms with Gasteiger partial charge in [0, 0.05) is 12.3 Å². The Morgan fingerprint density at radius 2 is 2.24 bits per heavy atom. The molecule has 2 aromatic rings. The second kappa shape index (κ2) is 4.87. The molecule has 110 valence electrons. The minimum Gasteiger partial charge on any atom is -0.481 e. The first kappa shape index (κ1) is 13.6. The molecule has 2 N–H and O–H groups in total. The Hall–Kier alpha value is -2.37. The van der Waals surface area contributed by atoms with Crippen LogP contribution in [0.2, 0.25) is 0 Å². The molecule has 0 aliphatic heterocycles. The highest BCUT2D eigenvalue weighted by Crippen LogP contribution is 2.45. The van der Waals surface area contributed by atoms with E-state index in [2.05, 4.69) is 4.98 Å². The van der Waals surface area contributed by atoms with Crippen LogP contribution in [0.25, 0.3) is 10.9 Å². The van der Waals surface area contributed by atoms with E-state index in [-0.39, 0.29) is 12.1 Å². The number of carboxylic acid groups (broad SMARTS) is 1. The summed E-state index contributed by atoms with van der Waals surface area (Å²) in [5.74, 6) is -1.00. The van der Waals surface area contributed by atoms with Crippen molar-refractivity contribution in [3.8, 4) is 0 Å². The number of hydrogen-bond donors (Lipinski definition) is 2. The van der Waals surface area contributed by atoms with Gasteiger partial charge in [-0.25, -0.2) is 0 Å². The molecule has 1 saturated carbocycles. The fraction of sp³-hybridized carbons (Fsp3) is 0.400. The molecule has 1 unspecified atom stereocenters. The van der Waals surface area contributed by atoms with Crippen molar-refractivity contribution >= 4 is 22.6 Å². The minimum atomic E-state index is -0.898. The standard InChI is InChI=1S/C15H16N2O4/c1-8(15(18)19)6-10-7-16-14-11(9-2-3-9)4-5-12(13(10)14)17(20)21/h4-5,7-9,16H,2-3,6H2,1H3,(H,18,19). The molecule has 0 bridgehead atoms. The van der Waals surface area contributed by atoms with E-state index in [4.69, 9.17) is 5.11 Å². The molecule has 0 amide bonds. The zero-order valence-electron chi connectivity index (χ0n) is 11.6. The van der Waals surface area contributed by atoms with E-state index in [0.29, 0.717) is 16.9 Å². The number of nitrogens with zero attached hydrogens (tertiary/aromatic N) is 1. The molecule has 1 aromatic carbocycles. The zero-order valence-corrected chi connectivity index (χ0v) is 11.6. The van der Waals surface area contributed by atoms with E-state index in [0.717, 1.165) is 23.9 Å². The number of benzene rings is 1. The van der Waals surface area contributed by atoms with Crippen molar-refractivity contribution < 1.29 is 14.8 Å². The van der Waals surface area contributed by atoms with Gasteiger partial charge in [-0.1, -0.05) is 6.92 Å². The third-order valence-electron chi connectivity index (χ3n) is 4.09. The second-order valence-electron chi connectivity index (χ2n) is 5.71. The lowest BCUT2D eigenvalue weighted by atomic mass is 9.98. The van der Waals surface area contributed by atoms with Crippen LogP contribution < -0.4 is 0 Å². The monoisotopic (exact) mass is 288 g/mol. The molecule has 1 aromatic heterocycles. The molecule has 21 heavy (non-hydrogen) atoms. The van der Waals surface area contributed by atoms with Crippen molar-refractivity contribution in [1.29, 1.82) is 0 Å². The molecule has 6 heteroatoms. The number of carbonyl (C=O) groups is 1. The molecular formula is C15H16N2O4. The van der Waals surface area contributed by atoms with Gasteiger partial charge in [-0.2, -0.15) is 0 Å². The summed E-state index contributed by atoms with van der Waals surface area (Å²) in [6.45, 7) is 1.61. The number of nitro benzene ring substituents is 1. The number of rotatable bonds is 5. The van der Waals surface area contributed by atoms with E-state index < -0.39 is 16.8 Å². The highest BCUT2D eigenvalue weighted by Gasteiger charge is 2.29. The summed E-state index contributed by atoms with van der Waals surface area (Å²) in [5, 5.41) is 20.9. The van der Waals surface area contributed by atoms with Gasteiger partial charge < -0.3 is 10.1 Å². The number of nitro groups is 1. The van der Waals surface area contributed by atoms with E-state index in [1.54, 1.807) is 19.2 Å². The Morgan fingerprint density at radius 3 is 2.81 bits per heavy atom. The summed E-state index contributed by atoms with van der Waals surface area (Å²) in [5.41, 5.74) is 2.64. The minimum absolute atomic E-state index is 0.0447. The number of hydrogen-bond acceptors (Lipinski definition) is 3. The summed E-state index contributed by atoms with van der Waals surface area (Å²) in [6, 6.07) is 3.36. The summed E-state index contributed by atoms with van der Waals surface area (Å²) < 4.78 is 0. The number of non-ortho nitro benzene ring substituents is 1. The Morgan fingerprint density at radius 1 is 1.52 bits per heavy atom. The topological polar surface area (TPSA) is 96.2 Å². The third kappa shape index (κ3) is 2.37. The van der Waals surface area contributed by atoms with Crippen LogP contribution in [0.1, 0.15) is 36.8 Å². The van der Waals surface area contributed by atoms with E-state index in [1.165, 1.54) is 0 Å². The van der Waals surface area contributed by atoms with Crippen LogP contribution >= 0.6 is 0 Å². The van der Waals surface area contributed by atoms with Crippen molar-refractivity contribution in [2.75, 3.05) is 0 Å². The Bertz CT molecular complexity index is 731. The van der Waals surface area contributed by atoms with E-state index in [1.807, 2.05) is 6.07 Å². The molecule has 0 saturated heterocycles. The average molecular weight is 288 g/mol. The van der Waals surface area contributed by atoms with Gasteiger partial charge in [0.2, 0.25) is 0 Å². The summed E-state index contributed by atoms with van der Waals surface area (Å²) in [6.07, 6.45) is 4.20. The highest BCUT2D eigenvalue weighted by molar-refractivity contribution is 5.95. The van der Waals surface area contributed by atoms with E-state index >= 15 is 0 Å². The third-order valence-corrected chi connectivity index (χ3v) is 4.09. The van der Waals surface area contributed by atoms with Crippen molar-refractivity contribution in [1.82, 2.24) is 4.98 Å². The van der Waals surface area contributed by atoms with Gasteiger partial charge in [0.15, 0.2) is 0 Å². The Kier molecular flexibility index (Phi) is 3.16. The largest absolute Gasteiger partial charge is 0.481 e. The predicted octanol–water partition coefficient (Wildman–Crippen LogP) is 3.22. The maximum Gasteiger partial charge on any atom is 0.306 e. The molecule has 0 radical (unpaired) electrons. The first-order chi connectivity index (χ1) is 9.99. The van der Waals surface area contributed by atoms with Gasteiger partial charge in [-0.05, 0) is 42.4 Å². The molecular weight excluding hydrogens is 272 g/mol. The van der Waals surface area contributed by atoms with Gasteiger partial charge in [-0.3, -0.25) is 14.9 Å². The maximum absolute atomic E-state index is 11.3. The van der Waals surface area contributed by atoms with Crippen LogP contribution in [0.15, 0.2) is 18.3 Å². The normalized spacial score (nSPS) is 16.0. The second-order valence-corrected chi connectivity index (χ2v) is 5.71. The summed E-state index contributed by atoms with van der Waals surface area (Å²) >= 11 is 0. The number of aromatic amines is 1. The number of aromatic nitrogens is 1. The molecule has 1 atom stereocenters. The molecule has 3 rings (SSSR count). The van der Waals surface area contributed by atoms with Crippen LogP contribution in [-0.4, -0.2) is 21.0 Å². The number of fused-ring (bicyclic) bond motifs is 1. The Balaban J connectivity index is 2.14. The maximum atomic E-state index is 11.3. The smallest absolute Gasteiger partial charge is 0.306 e. The Labute approximate surface area is 120 Å². The molecule has 1 heterocycles. The lowest BCUT2D eigenvalue weighted by Gasteiger charge is -2.06. The van der Waals surface area contributed by atoms with Gasteiger partial charge in [0.25, 0.3) is 5.69 Å². The average Bonchev–Trinajstić information content (AvgIpc) is 3.19. The lowest BCUT2D eigenvalue weighted by molar-refractivity contribution is -0.383. The number of carboxylic acids is 1. The van der Waals surface area contributed by atoms with Crippen molar-refractivity contribution in [3.63, 3.8) is 0 Å². The first-order valence-corrected chi connectivity index (χ1v) is 6.99. The van der Waals surface area contributed by atoms with Crippen molar-refractivity contribution in [3.05, 3.63) is 39.6 Å². The summed E-state index contributed by atoms with van der Waals surface area (Å²) in [4.78, 5) is 25.0. The molecule has 1 fully saturated rings. The number of H-pyrrole nitrogens is 1. The van der Waals surface area contributed by atoms with Crippen LogP contribution in [0.4, 0.5) is 5.69 Å². The zero-order chi connectivity index (χ0) is 15.1. The molecule has 0 spiro atoms. The number of nitrogens with one attached hydrogen (secondary N) is 1. The fourth-order valence-corrected chi connectivity index (χ4v) is 2.78.